The van der Waals surface area contributed by atoms with Gasteiger partial charge in [0.05, 0.1) is 6.04 Å². The van der Waals surface area contributed by atoms with Crippen molar-refractivity contribution in [3.63, 3.8) is 0 Å². The predicted octanol–water partition coefficient (Wildman–Crippen LogP) is 7.75. The van der Waals surface area contributed by atoms with E-state index in [4.69, 9.17) is 0 Å². The summed E-state index contributed by atoms with van der Waals surface area (Å²) in [7, 11) is 8.18. The number of anilines is 1. The Morgan fingerprint density at radius 3 is 1.85 bits per heavy atom. The van der Waals surface area contributed by atoms with E-state index in [2.05, 4.69) is 97.9 Å². The monoisotopic (exact) mass is 530 g/mol. The molecule has 0 aliphatic heterocycles. The van der Waals surface area contributed by atoms with Gasteiger partial charge in [-0.3, -0.25) is 9.69 Å². The van der Waals surface area contributed by atoms with E-state index in [1.165, 1.54) is 82.2 Å². The lowest BCUT2D eigenvalue weighted by Gasteiger charge is -2.31. The zero-order valence-corrected chi connectivity index (χ0v) is 23.8. The summed E-state index contributed by atoms with van der Waals surface area (Å²) in [5, 5.41) is 10.7. The number of hydrogen-bond donors (Lipinski definition) is 0. The van der Waals surface area contributed by atoms with Gasteiger partial charge in [0.25, 0.3) is 0 Å². The number of Topliss-reactive ketones (excluding diaryl/α,β-unsaturated/α-hetero) is 1. The van der Waals surface area contributed by atoms with Gasteiger partial charge in [0, 0.05) is 31.8 Å². The smallest absolute Gasteiger partial charge is 0.180 e. The highest BCUT2D eigenvalue weighted by molar-refractivity contribution is 6.36. The van der Waals surface area contributed by atoms with Crippen molar-refractivity contribution in [1.82, 2.24) is 4.90 Å². The summed E-state index contributed by atoms with van der Waals surface area (Å²) in [5.41, 5.74) is 11.3. The summed E-state index contributed by atoms with van der Waals surface area (Å²) < 4.78 is 0. The Hall–Kier alpha value is -4.47. The van der Waals surface area contributed by atoms with E-state index in [0.717, 1.165) is 17.6 Å². The Morgan fingerprint density at radius 1 is 0.610 bits per heavy atom. The SMILES string of the molecule is CN(C)c1ccc2c(c1)Cc1ccc3c4ccc5c6c(ccc(c7ccc-2c1c37)c64)CC1=C5C=CC(N(C)C)C1=O. The first-order valence-corrected chi connectivity index (χ1v) is 14.5. The molecule has 0 fully saturated rings. The molecule has 6 aromatic carbocycles. The highest BCUT2D eigenvalue weighted by Crippen LogP contribution is 2.50. The average Bonchev–Trinajstić information content (AvgIpc) is 2.98. The first-order chi connectivity index (χ1) is 19.9. The molecule has 0 aromatic heterocycles. The third-order valence-corrected chi connectivity index (χ3v) is 9.90. The molecule has 0 saturated heterocycles. The number of fused-ring (bicyclic) bond motifs is 5. The molecule has 6 aromatic rings. The molecule has 0 radical (unpaired) electrons. The second kappa shape index (κ2) is 7.84. The summed E-state index contributed by atoms with van der Waals surface area (Å²) in [6.45, 7) is 0. The van der Waals surface area contributed by atoms with Gasteiger partial charge in [0.2, 0.25) is 0 Å². The van der Waals surface area contributed by atoms with Crippen molar-refractivity contribution in [3.8, 4) is 11.1 Å². The van der Waals surface area contributed by atoms with Crippen LogP contribution >= 0.6 is 0 Å². The first kappa shape index (κ1) is 23.3. The van der Waals surface area contributed by atoms with Crippen LogP contribution in [0.2, 0.25) is 0 Å². The van der Waals surface area contributed by atoms with Crippen LogP contribution < -0.4 is 4.90 Å². The Kier molecular flexibility index (Phi) is 4.44. The summed E-state index contributed by atoms with van der Waals surface area (Å²) in [6, 6.07) is 25.3. The minimum atomic E-state index is -0.186. The lowest BCUT2D eigenvalue weighted by Crippen LogP contribution is -2.37. The van der Waals surface area contributed by atoms with Crippen molar-refractivity contribution in [2.24, 2.45) is 0 Å². The van der Waals surface area contributed by atoms with Crippen LogP contribution in [0.5, 0.6) is 0 Å². The molecule has 0 bridgehead atoms. The van der Waals surface area contributed by atoms with Crippen LogP contribution in [0, 0.1) is 0 Å². The Balaban J connectivity index is 1.35. The van der Waals surface area contributed by atoms with E-state index in [1.54, 1.807) is 0 Å². The van der Waals surface area contributed by atoms with Crippen molar-refractivity contribution in [1.29, 1.82) is 0 Å². The number of carbonyl (C=O) groups is 1. The number of allylic oxidation sites excluding steroid dienone is 2. The fourth-order valence-corrected chi connectivity index (χ4v) is 7.97. The van der Waals surface area contributed by atoms with E-state index >= 15 is 0 Å². The highest BCUT2D eigenvalue weighted by atomic mass is 16.1. The van der Waals surface area contributed by atoms with Crippen LogP contribution in [0.1, 0.15) is 22.3 Å². The quantitative estimate of drug-likeness (QED) is 0.169. The third-order valence-electron chi connectivity index (χ3n) is 9.90. The largest absolute Gasteiger partial charge is 0.378 e. The molecule has 9 rings (SSSR count). The van der Waals surface area contributed by atoms with Gasteiger partial charge in [-0.15, -0.1) is 0 Å². The van der Waals surface area contributed by atoms with Crippen molar-refractivity contribution >= 4 is 60.1 Å². The number of rotatable bonds is 2. The van der Waals surface area contributed by atoms with Crippen LogP contribution in [0.4, 0.5) is 5.69 Å². The van der Waals surface area contributed by atoms with E-state index < -0.39 is 0 Å². The topological polar surface area (TPSA) is 23.6 Å². The maximum Gasteiger partial charge on any atom is 0.180 e. The number of likely N-dealkylation sites (N-methyl/N-ethyl adjacent to an activating group) is 1. The lowest BCUT2D eigenvalue weighted by molar-refractivity contribution is -0.118. The molecule has 198 valence electrons. The zero-order valence-electron chi connectivity index (χ0n) is 23.8. The van der Waals surface area contributed by atoms with Gasteiger partial charge < -0.3 is 4.90 Å². The van der Waals surface area contributed by atoms with Crippen molar-refractivity contribution < 1.29 is 4.79 Å². The Morgan fingerprint density at radius 2 is 1.20 bits per heavy atom. The molecule has 3 heteroatoms. The van der Waals surface area contributed by atoms with Gasteiger partial charge in [-0.2, -0.15) is 0 Å². The van der Waals surface area contributed by atoms with Gasteiger partial charge in [-0.25, -0.2) is 0 Å². The van der Waals surface area contributed by atoms with Crippen LogP contribution in [-0.2, 0) is 17.6 Å². The molecular weight excluding hydrogens is 500 g/mol. The second-order valence-corrected chi connectivity index (χ2v) is 12.5. The molecule has 0 amide bonds. The number of hydrogen-bond acceptors (Lipinski definition) is 3. The number of nitrogens with zero attached hydrogens (tertiary/aromatic N) is 2. The fraction of sp³-hybridized carbons (Fsp3) is 0.184. The fourth-order valence-electron chi connectivity index (χ4n) is 7.97. The molecule has 0 spiro atoms. The molecule has 1 unspecified atom stereocenters. The molecule has 0 N–H and O–H groups in total. The van der Waals surface area contributed by atoms with E-state index in [-0.39, 0.29) is 11.8 Å². The third kappa shape index (κ3) is 2.89. The van der Waals surface area contributed by atoms with Gasteiger partial charge in [0.1, 0.15) is 0 Å². The maximum absolute atomic E-state index is 13.5. The number of carbonyl (C=O) groups excluding carboxylic acids is 1. The van der Waals surface area contributed by atoms with Crippen molar-refractivity contribution in [2.75, 3.05) is 33.1 Å². The second-order valence-electron chi connectivity index (χ2n) is 12.5. The summed E-state index contributed by atoms with van der Waals surface area (Å²) in [4.78, 5) is 17.7. The van der Waals surface area contributed by atoms with Gasteiger partial charge in [-0.05, 0) is 115 Å². The first-order valence-electron chi connectivity index (χ1n) is 14.5. The molecule has 0 heterocycles. The van der Waals surface area contributed by atoms with Crippen LogP contribution in [0.15, 0.2) is 84.5 Å². The molecule has 3 aliphatic carbocycles. The van der Waals surface area contributed by atoms with E-state index in [0.29, 0.717) is 6.42 Å². The molecule has 1 atom stereocenters. The van der Waals surface area contributed by atoms with Crippen LogP contribution in [-0.4, -0.2) is 44.9 Å². The molecular formula is C38H30N2O. The summed E-state index contributed by atoms with van der Waals surface area (Å²) in [5.74, 6) is 0.231. The minimum absolute atomic E-state index is 0.186. The Bertz CT molecular complexity index is 2210. The average molecular weight is 531 g/mol. The van der Waals surface area contributed by atoms with Gasteiger partial charge in [-0.1, -0.05) is 66.7 Å². The molecule has 3 aliphatic rings. The van der Waals surface area contributed by atoms with Crippen LogP contribution in [0.25, 0.3) is 59.8 Å². The molecule has 0 saturated carbocycles. The summed E-state index contributed by atoms with van der Waals surface area (Å²) >= 11 is 0. The lowest BCUT2D eigenvalue weighted by atomic mass is 9.75. The number of ketones is 1. The Labute approximate surface area is 239 Å². The normalized spacial score (nSPS) is 17.4. The maximum atomic E-state index is 13.5. The van der Waals surface area contributed by atoms with E-state index in [9.17, 15) is 4.79 Å². The van der Waals surface area contributed by atoms with Crippen molar-refractivity contribution in [2.45, 2.75) is 18.9 Å². The molecule has 41 heavy (non-hydrogen) atoms. The standard InChI is InChI=1S/C38H30N2O/c1-39(2)23-7-10-24-22(18-23)17-20-5-8-28-31-14-12-27-25-15-16-33(40(3)4)38(41)32(25)19-21-6-9-29(37(31)35(21)27)30-13-11-26(24)34(20)36(28)30/h5-16,18,33H,17,19H2,1-4H3. The van der Waals surface area contributed by atoms with Crippen molar-refractivity contribution in [3.05, 3.63) is 107 Å². The molecule has 3 nitrogen and oxygen atoms in total. The van der Waals surface area contributed by atoms with Gasteiger partial charge >= 0.3 is 0 Å². The minimum Gasteiger partial charge on any atom is -0.378 e. The number of benzene rings is 6. The zero-order chi connectivity index (χ0) is 27.7. The highest BCUT2D eigenvalue weighted by Gasteiger charge is 2.33. The summed E-state index contributed by atoms with van der Waals surface area (Å²) in [6.07, 6.45) is 5.91. The predicted molar refractivity (Wildman–Crippen MR) is 172 cm³/mol. The van der Waals surface area contributed by atoms with Gasteiger partial charge in [0.15, 0.2) is 5.78 Å². The van der Waals surface area contributed by atoms with E-state index in [1.807, 2.05) is 19.0 Å². The van der Waals surface area contributed by atoms with Crippen LogP contribution in [0.3, 0.4) is 0 Å².